The average Bonchev–Trinajstić information content (AvgIpc) is 4.00. The Morgan fingerprint density at radius 1 is 0.516 bits per heavy atom. The van der Waals surface area contributed by atoms with E-state index in [0.29, 0.717) is 18.1 Å². The van der Waals surface area contributed by atoms with E-state index in [2.05, 4.69) is 169 Å². The third-order valence-electron chi connectivity index (χ3n) is 16.3. The average molecular weight is 967 g/mol. The van der Waals surface area contributed by atoms with Crippen LogP contribution in [0.1, 0.15) is 186 Å². The number of hydrogen-bond donors (Lipinski definition) is 0. The van der Waals surface area contributed by atoms with Gasteiger partial charge in [0.25, 0.3) is 0 Å². The fraction of sp³-hybridized carbons (Fsp3) is 0.517. The molecule has 62 heavy (non-hydrogen) atoms. The van der Waals surface area contributed by atoms with E-state index >= 15 is 0 Å². The standard InChI is InChI=1S/2C28H35.2CH3.2ClH.H2Si.Zr/c2*1-5-15-28(16-8-9-17-28)20-21-18-22-11-10-13-23(25(22)19-21)24-12-6-7-14-26(24)27(2,3)4;;;;;;/h2*6-7,10-14,18-19H,5,8-9,15-17,20H2,1-4H3;2*1H3;2*1H;1H2;. The van der Waals surface area contributed by atoms with E-state index < -0.39 is 17.4 Å². The Morgan fingerprint density at radius 3 is 1.19 bits per heavy atom. The molecule has 2 saturated carbocycles. The molecule has 0 nitrogen and oxygen atoms in total. The molecule has 0 saturated heterocycles. The zero-order valence-corrected chi connectivity index (χ0v) is 45.8. The second-order valence-electron chi connectivity index (χ2n) is 23.7. The van der Waals surface area contributed by atoms with Gasteiger partial charge in [0.05, 0.1) is 0 Å². The fourth-order valence-electron chi connectivity index (χ4n) is 14.1. The molecule has 0 heterocycles. The normalized spacial score (nSPS) is 20.5. The zero-order valence-electron chi connectivity index (χ0n) is 40.3. The van der Waals surface area contributed by atoms with Crippen LogP contribution in [0, 0.1) is 10.8 Å². The van der Waals surface area contributed by atoms with Crippen LogP contribution in [-0.4, -0.2) is 6.88 Å². The Hall–Kier alpha value is -1.96. The molecule has 0 spiro atoms. The third kappa shape index (κ3) is 9.10. The van der Waals surface area contributed by atoms with Crippen LogP contribution in [-0.2, 0) is 28.2 Å². The van der Waals surface area contributed by atoms with E-state index in [4.69, 9.17) is 0 Å². The van der Waals surface area contributed by atoms with Crippen LogP contribution in [0.15, 0.2) is 96.1 Å². The maximum absolute atomic E-state index is 4.02. The molecular weight excluding hydrogens is 887 g/mol. The summed E-state index contributed by atoms with van der Waals surface area (Å²) < 4.78 is 6.92. The Labute approximate surface area is 393 Å². The van der Waals surface area contributed by atoms with Crippen molar-refractivity contribution in [2.45, 2.75) is 173 Å². The zero-order chi connectivity index (χ0) is 42.7. The summed E-state index contributed by atoms with van der Waals surface area (Å²) in [6.07, 6.45) is 24.7. The predicted octanol–water partition coefficient (Wildman–Crippen LogP) is 17.9. The molecule has 0 aliphatic heterocycles. The molecular formula is C58H80Cl2SiZr. The molecule has 4 heteroatoms. The summed E-state index contributed by atoms with van der Waals surface area (Å²) in [5, 5.41) is 0. The topological polar surface area (TPSA) is 0 Å². The predicted molar refractivity (Wildman–Crippen MR) is 278 cm³/mol. The maximum Gasteiger partial charge on any atom is -0.147 e. The van der Waals surface area contributed by atoms with Crippen molar-refractivity contribution in [2.24, 2.45) is 10.8 Å². The van der Waals surface area contributed by atoms with Gasteiger partial charge in [0.15, 0.2) is 0 Å². The molecule has 2 atom stereocenters. The number of hydrogen-bond acceptors (Lipinski definition) is 0. The van der Waals surface area contributed by atoms with Gasteiger partial charge in [-0.25, -0.2) is 0 Å². The van der Waals surface area contributed by atoms with Crippen molar-refractivity contribution in [3.05, 3.63) is 129 Å². The summed E-state index contributed by atoms with van der Waals surface area (Å²) in [6, 6.07) is 33.7. The first kappa shape index (κ1) is 49.5. The van der Waals surface area contributed by atoms with Crippen LogP contribution in [0.5, 0.6) is 0 Å². The number of rotatable bonds is 12. The largest absolute Gasteiger partial charge is 0.147 e. The summed E-state index contributed by atoms with van der Waals surface area (Å²) in [6.45, 7) is 21.8. The summed E-state index contributed by atoms with van der Waals surface area (Å²) in [5.41, 5.74) is 19.7. The van der Waals surface area contributed by atoms with Crippen LogP contribution in [0.3, 0.4) is 0 Å². The summed E-state index contributed by atoms with van der Waals surface area (Å²) >= 11 is -4.02. The van der Waals surface area contributed by atoms with Gasteiger partial charge in [-0.2, -0.15) is 0 Å². The molecule has 2 fully saturated rings. The summed E-state index contributed by atoms with van der Waals surface area (Å²) in [5.74, 6) is 0. The molecule has 0 amide bonds. The van der Waals surface area contributed by atoms with Gasteiger partial charge in [-0.05, 0) is 0 Å². The molecule has 4 aliphatic carbocycles. The van der Waals surface area contributed by atoms with Crippen LogP contribution >= 0.6 is 24.8 Å². The molecule has 0 aromatic heterocycles. The molecule has 4 aliphatic rings. The molecule has 8 rings (SSSR count). The van der Waals surface area contributed by atoms with Gasteiger partial charge in [-0.3, -0.25) is 0 Å². The van der Waals surface area contributed by atoms with Crippen molar-refractivity contribution in [1.82, 2.24) is 0 Å². The van der Waals surface area contributed by atoms with E-state index in [-0.39, 0.29) is 35.6 Å². The van der Waals surface area contributed by atoms with Gasteiger partial charge in [0.1, 0.15) is 0 Å². The van der Waals surface area contributed by atoms with Gasteiger partial charge in [-0.1, -0.05) is 0 Å². The minimum absolute atomic E-state index is 0. The Kier molecular flexibility index (Phi) is 14.7. The van der Waals surface area contributed by atoms with Gasteiger partial charge in [0, 0.05) is 0 Å². The Balaban J connectivity index is 0.00000321. The smallest absolute Gasteiger partial charge is 0.147 e. The number of halogens is 2. The Morgan fingerprint density at radius 2 is 0.855 bits per heavy atom. The first-order valence-corrected chi connectivity index (χ1v) is 38.0. The van der Waals surface area contributed by atoms with Crippen molar-refractivity contribution in [3.63, 3.8) is 0 Å². The minimum atomic E-state index is -4.02. The van der Waals surface area contributed by atoms with Gasteiger partial charge in [0.2, 0.25) is 0 Å². The van der Waals surface area contributed by atoms with Crippen molar-refractivity contribution in [3.8, 4) is 22.3 Å². The van der Waals surface area contributed by atoms with Crippen LogP contribution in [0.2, 0.25) is 9.26 Å². The second kappa shape index (κ2) is 18.4. The molecule has 334 valence electrons. The number of allylic oxidation sites excluding steroid dienone is 2. The quantitative estimate of drug-likeness (QED) is 0.124. The van der Waals surface area contributed by atoms with Gasteiger partial charge in [-0.15, -0.1) is 24.8 Å². The molecule has 0 N–H and O–H groups in total. The molecule has 0 bridgehead atoms. The van der Waals surface area contributed by atoms with Crippen LogP contribution in [0.25, 0.3) is 34.4 Å². The van der Waals surface area contributed by atoms with Crippen molar-refractivity contribution >= 4 is 43.8 Å². The first-order chi connectivity index (χ1) is 28.4. The van der Waals surface area contributed by atoms with Crippen molar-refractivity contribution in [1.29, 1.82) is 0 Å². The van der Waals surface area contributed by atoms with E-state index in [1.54, 1.807) is 33.4 Å². The molecule has 4 aromatic rings. The monoisotopic (exact) mass is 964 g/mol. The summed E-state index contributed by atoms with van der Waals surface area (Å²) in [4.78, 5) is 0. The third-order valence-corrected chi connectivity index (χ3v) is 33.8. The fourth-order valence-corrected chi connectivity index (χ4v) is 33.7. The number of fused-ring (bicyclic) bond motifs is 2. The maximum atomic E-state index is 2.94. The van der Waals surface area contributed by atoms with Crippen LogP contribution < -0.4 is 0 Å². The van der Waals surface area contributed by atoms with E-state index in [0.717, 1.165) is 0 Å². The molecule has 4 aromatic carbocycles. The van der Waals surface area contributed by atoms with Crippen molar-refractivity contribution < 1.29 is 17.4 Å². The van der Waals surface area contributed by atoms with E-state index in [1.165, 1.54) is 123 Å². The van der Waals surface area contributed by atoms with Gasteiger partial charge >= 0.3 is 372 Å². The van der Waals surface area contributed by atoms with Gasteiger partial charge < -0.3 is 0 Å². The molecule has 2 unspecified atom stereocenters. The van der Waals surface area contributed by atoms with E-state index in [1.807, 2.05) is 0 Å². The summed E-state index contributed by atoms with van der Waals surface area (Å²) in [7, 11) is 0. The minimum Gasteiger partial charge on any atom is -0.147 e. The number of benzene rings is 4. The molecule has 0 radical (unpaired) electrons. The second-order valence-corrected chi connectivity index (χ2v) is 54.2. The van der Waals surface area contributed by atoms with E-state index in [9.17, 15) is 0 Å². The SMILES string of the molecule is CCCC1(CC2=Cc3c(-c4ccccc4C(C)(C)C)cccc3[CH]2[Zr]([CH3])([CH3])(=[SiH2])[CH]2C(CC3(CCC)CCCC3)=Cc3c(-c4ccccc4C(C)(C)C)cccc32)CCCC1.Cl.Cl. The Bertz CT molecular complexity index is 2220. The van der Waals surface area contributed by atoms with Crippen LogP contribution in [0.4, 0.5) is 0 Å². The first-order valence-electron chi connectivity index (χ1n) is 24.3. The van der Waals surface area contributed by atoms with Crippen molar-refractivity contribution in [2.75, 3.05) is 0 Å².